The molecule has 3 N–H and O–H groups in total. The van der Waals surface area contributed by atoms with Crippen LogP contribution in [0.15, 0.2) is 35.4 Å². The molecule has 1 aromatic carbocycles. The second-order valence-electron chi connectivity index (χ2n) is 5.75. The number of hydrogen-bond acceptors (Lipinski definition) is 2. The van der Waals surface area contributed by atoms with E-state index >= 15 is 0 Å². The minimum atomic E-state index is -0.567. The van der Waals surface area contributed by atoms with Crippen LogP contribution in [-0.2, 0) is 0 Å². The number of carbonyl (C=O) groups excluding carboxylic acids is 1. The Hall–Kier alpha value is -1.32. The van der Waals surface area contributed by atoms with Crippen LogP contribution >= 0.6 is 0 Å². The second-order valence-corrected chi connectivity index (χ2v) is 8.78. The summed E-state index contributed by atoms with van der Waals surface area (Å²) in [5, 5.41) is 4.34. The number of benzene rings is 1. The predicted octanol–water partition coefficient (Wildman–Crippen LogP) is 2.84. The molecule has 1 aromatic rings. The van der Waals surface area contributed by atoms with E-state index in [1.165, 1.54) is 31.2 Å². The molecule has 112 valence electrons. The molecule has 0 aromatic heterocycles. The zero-order valence-electron chi connectivity index (χ0n) is 12.0. The van der Waals surface area contributed by atoms with E-state index in [0.717, 1.165) is 16.9 Å². The van der Waals surface area contributed by atoms with Gasteiger partial charge in [-0.2, -0.15) is 0 Å². The maximum atomic E-state index is 11.0. The summed E-state index contributed by atoms with van der Waals surface area (Å²) in [5.74, 6) is 0.561. The van der Waals surface area contributed by atoms with E-state index in [1.54, 1.807) is 0 Å². The molecule has 3 unspecified atom stereocenters. The van der Waals surface area contributed by atoms with Crippen LogP contribution in [0.4, 0.5) is 4.79 Å². The van der Waals surface area contributed by atoms with E-state index < -0.39 is 6.03 Å². The fourth-order valence-electron chi connectivity index (χ4n) is 3.36. The van der Waals surface area contributed by atoms with Gasteiger partial charge in [0, 0.05) is 0 Å². The van der Waals surface area contributed by atoms with Crippen LogP contribution in [-0.4, -0.2) is 26.7 Å². The van der Waals surface area contributed by atoms with Gasteiger partial charge in [-0.05, 0) is 0 Å². The van der Waals surface area contributed by atoms with Crippen LogP contribution in [0, 0.1) is 5.92 Å². The Morgan fingerprint density at radius 1 is 1.24 bits per heavy atom. The van der Waals surface area contributed by atoms with Crippen LogP contribution in [0.25, 0.3) is 0 Å². The maximum absolute atomic E-state index is 11.0. The zero-order valence-corrected chi connectivity index (χ0v) is 13.7. The first-order valence-corrected chi connectivity index (χ1v) is 9.54. The molecular weight excluding hydrogens is 329 g/mol. The Kier molecular flexibility index (Phi) is 4.61. The molecule has 2 aliphatic rings. The van der Waals surface area contributed by atoms with Gasteiger partial charge in [-0.25, -0.2) is 0 Å². The summed E-state index contributed by atoms with van der Waals surface area (Å²) in [6.07, 6.45) is 6.10. The first-order chi connectivity index (χ1) is 10.2. The standard InChI is InChI=1S/C16H21N3OSe/c17-16(20)19-18-13-10-15(11-6-2-1-3-7-11)21-14-9-5-4-8-12(13)14/h1-3,6-7,12,14-15H,4-5,8-10H2,(H3,17,19,20). The van der Waals surface area contributed by atoms with E-state index in [1.807, 2.05) is 0 Å². The first-order valence-electron chi connectivity index (χ1n) is 7.56. The fraction of sp³-hybridized carbons (Fsp3) is 0.500. The van der Waals surface area contributed by atoms with Crippen molar-refractivity contribution in [2.75, 3.05) is 0 Å². The summed E-state index contributed by atoms with van der Waals surface area (Å²) < 4.78 is 0. The van der Waals surface area contributed by atoms with E-state index in [9.17, 15) is 4.79 Å². The Morgan fingerprint density at radius 2 is 2.00 bits per heavy atom. The number of nitrogens with zero attached hydrogens (tertiary/aromatic N) is 1. The third-order valence-corrected chi connectivity index (χ3v) is 7.87. The first kappa shape index (κ1) is 14.6. The monoisotopic (exact) mass is 351 g/mol. The summed E-state index contributed by atoms with van der Waals surface area (Å²) in [5.41, 5.74) is 10.2. The number of urea groups is 1. The van der Waals surface area contributed by atoms with Crippen molar-refractivity contribution in [3.8, 4) is 0 Å². The van der Waals surface area contributed by atoms with Crippen molar-refractivity contribution in [2.45, 2.75) is 41.7 Å². The van der Waals surface area contributed by atoms with Gasteiger partial charge in [0.2, 0.25) is 0 Å². The number of rotatable bonds is 2. The SMILES string of the molecule is NC(=O)NN=C1CC(c2ccccc2)[Se]C2CCCCC12. The molecule has 1 heterocycles. The van der Waals surface area contributed by atoms with Crippen molar-refractivity contribution in [3.63, 3.8) is 0 Å². The van der Waals surface area contributed by atoms with Crippen LogP contribution in [0.2, 0.25) is 4.82 Å². The van der Waals surface area contributed by atoms with Gasteiger partial charge in [0.05, 0.1) is 0 Å². The number of nitrogens with two attached hydrogens (primary N) is 1. The molecule has 1 aliphatic carbocycles. The number of hydrogen-bond donors (Lipinski definition) is 2. The quantitative estimate of drug-likeness (QED) is 0.625. The van der Waals surface area contributed by atoms with E-state index in [2.05, 4.69) is 40.9 Å². The average molecular weight is 350 g/mol. The summed E-state index contributed by atoms with van der Waals surface area (Å²) in [7, 11) is 0. The van der Waals surface area contributed by atoms with Crippen LogP contribution in [0.5, 0.6) is 0 Å². The molecule has 5 heteroatoms. The number of primary amides is 1. The Morgan fingerprint density at radius 3 is 2.76 bits per heavy atom. The van der Waals surface area contributed by atoms with Crippen molar-refractivity contribution in [2.24, 2.45) is 16.8 Å². The molecule has 0 radical (unpaired) electrons. The van der Waals surface area contributed by atoms with Crippen LogP contribution < -0.4 is 11.2 Å². The van der Waals surface area contributed by atoms with Crippen molar-refractivity contribution < 1.29 is 4.79 Å². The van der Waals surface area contributed by atoms with E-state index in [-0.39, 0.29) is 0 Å². The van der Waals surface area contributed by atoms with E-state index in [4.69, 9.17) is 5.73 Å². The Labute approximate surface area is 131 Å². The fourth-order valence-corrected chi connectivity index (χ4v) is 7.11. The molecule has 1 saturated carbocycles. The van der Waals surface area contributed by atoms with Gasteiger partial charge in [-0.1, -0.05) is 0 Å². The normalized spacial score (nSPS) is 30.7. The topological polar surface area (TPSA) is 67.5 Å². The number of nitrogens with one attached hydrogen (secondary N) is 1. The van der Waals surface area contributed by atoms with Crippen LogP contribution in [0.1, 0.15) is 42.5 Å². The van der Waals surface area contributed by atoms with Crippen molar-refractivity contribution in [3.05, 3.63) is 35.9 Å². The van der Waals surface area contributed by atoms with Crippen LogP contribution in [0.3, 0.4) is 0 Å². The van der Waals surface area contributed by atoms with Crippen molar-refractivity contribution >= 4 is 26.7 Å². The summed E-state index contributed by atoms with van der Waals surface area (Å²) in [6.45, 7) is 0. The molecule has 2 fully saturated rings. The van der Waals surface area contributed by atoms with Gasteiger partial charge >= 0.3 is 131 Å². The molecule has 2 amide bonds. The Bertz CT molecular complexity index is 532. The zero-order chi connectivity index (χ0) is 14.7. The summed E-state index contributed by atoms with van der Waals surface area (Å²) >= 11 is 0.609. The number of fused-ring (bicyclic) bond motifs is 1. The average Bonchev–Trinajstić information content (AvgIpc) is 2.53. The molecule has 0 spiro atoms. The second kappa shape index (κ2) is 6.63. The van der Waals surface area contributed by atoms with Crippen molar-refractivity contribution in [1.29, 1.82) is 0 Å². The summed E-state index contributed by atoms with van der Waals surface area (Å²) in [4.78, 5) is 12.3. The molecular formula is C16H21N3OSe. The van der Waals surface area contributed by atoms with Gasteiger partial charge in [0.25, 0.3) is 0 Å². The van der Waals surface area contributed by atoms with E-state index in [0.29, 0.717) is 25.7 Å². The minimum absolute atomic E-state index is 0.561. The van der Waals surface area contributed by atoms with Crippen molar-refractivity contribution in [1.82, 2.24) is 5.43 Å². The molecule has 4 nitrogen and oxygen atoms in total. The van der Waals surface area contributed by atoms with Gasteiger partial charge in [-0.3, -0.25) is 0 Å². The molecule has 1 aliphatic heterocycles. The third-order valence-electron chi connectivity index (χ3n) is 4.35. The molecule has 0 bridgehead atoms. The number of amides is 2. The molecule has 3 atom stereocenters. The van der Waals surface area contributed by atoms with Gasteiger partial charge in [-0.15, -0.1) is 0 Å². The molecule has 3 rings (SSSR count). The number of hydrazone groups is 1. The van der Waals surface area contributed by atoms with Gasteiger partial charge < -0.3 is 0 Å². The predicted molar refractivity (Wildman–Crippen MR) is 85.4 cm³/mol. The Balaban J connectivity index is 1.83. The summed E-state index contributed by atoms with van der Waals surface area (Å²) in [6, 6.07) is 10.1. The number of carbonyl (C=O) groups is 1. The van der Waals surface area contributed by atoms with Gasteiger partial charge in [0.15, 0.2) is 0 Å². The molecule has 21 heavy (non-hydrogen) atoms. The third kappa shape index (κ3) is 3.47. The molecule has 1 saturated heterocycles. The van der Waals surface area contributed by atoms with Gasteiger partial charge in [0.1, 0.15) is 0 Å².